The van der Waals surface area contributed by atoms with Crippen LogP contribution in [0.5, 0.6) is 0 Å². The van der Waals surface area contributed by atoms with Gasteiger partial charge in [-0.1, -0.05) is 29.3 Å². The van der Waals surface area contributed by atoms with Gasteiger partial charge in [-0.05, 0) is 25.1 Å². The number of halogens is 2. The summed E-state index contributed by atoms with van der Waals surface area (Å²) in [6.07, 6.45) is 2.95. The van der Waals surface area contributed by atoms with Crippen molar-refractivity contribution in [2.24, 2.45) is 0 Å². The maximum Gasteiger partial charge on any atom is 0.259 e. The van der Waals surface area contributed by atoms with Crippen LogP contribution in [0.25, 0.3) is 11.5 Å². The molecule has 0 saturated heterocycles. The van der Waals surface area contributed by atoms with Gasteiger partial charge in [-0.2, -0.15) is 9.97 Å². The van der Waals surface area contributed by atoms with Crippen LogP contribution in [0.2, 0.25) is 10.2 Å². The molecule has 0 saturated carbocycles. The highest BCUT2D eigenvalue weighted by atomic mass is 35.5. The van der Waals surface area contributed by atoms with Crippen LogP contribution in [-0.2, 0) is 0 Å². The molecule has 0 bridgehead atoms. The van der Waals surface area contributed by atoms with Gasteiger partial charge in [0.25, 0.3) is 5.91 Å². The number of carbonyl (C=O) groups is 1. The van der Waals surface area contributed by atoms with Crippen LogP contribution in [0.4, 0.5) is 5.95 Å². The van der Waals surface area contributed by atoms with E-state index in [0.717, 1.165) is 0 Å². The zero-order valence-corrected chi connectivity index (χ0v) is 13.9. The lowest BCUT2D eigenvalue weighted by Crippen LogP contribution is -2.16. The third-order valence-corrected chi connectivity index (χ3v) is 3.61. The average Bonchev–Trinajstić information content (AvgIpc) is 2.57. The Morgan fingerprint density at radius 3 is 2.67 bits per heavy atom. The lowest BCUT2D eigenvalue weighted by molar-refractivity contribution is 0.102. The van der Waals surface area contributed by atoms with Crippen LogP contribution in [0, 0.1) is 6.92 Å². The molecule has 0 aromatic carbocycles. The molecule has 1 N–H and O–H groups in total. The van der Waals surface area contributed by atoms with Crippen molar-refractivity contribution in [2.45, 2.75) is 6.92 Å². The number of anilines is 1. The van der Waals surface area contributed by atoms with Gasteiger partial charge in [0.2, 0.25) is 5.95 Å². The molecule has 3 heterocycles. The largest absolute Gasteiger partial charge is 0.290 e. The highest BCUT2D eigenvalue weighted by Gasteiger charge is 2.13. The van der Waals surface area contributed by atoms with Gasteiger partial charge >= 0.3 is 0 Å². The molecule has 120 valence electrons. The monoisotopic (exact) mass is 360 g/mol. The quantitative estimate of drug-likeness (QED) is 0.720. The van der Waals surface area contributed by atoms with Gasteiger partial charge in [0, 0.05) is 12.4 Å². The number of aryl methyl sites for hydroxylation is 1. The van der Waals surface area contributed by atoms with Crippen molar-refractivity contribution in [1.29, 1.82) is 0 Å². The minimum Gasteiger partial charge on any atom is -0.290 e. The Hall–Kier alpha value is -2.64. The maximum absolute atomic E-state index is 12.3. The molecular formula is C15H10Cl2N6O. The Balaban J connectivity index is 1.88. The van der Waals surface area contributed by atoms with Gasteiger partial charge in [-0.25, -0.2) is 9.97 Å². The second kappa shape index (κ2) is 6.86. The van der Waals surface area contributed by atoms with E-state index in [0.29, 0.717) is 17.3 Å². The van der Waals surface area contributed by atoms with Crippen LogP contribution >= 0.6 is 23.2 Å². The van der Waals surface area contributed by atoms with Gasteiger partial charge < -0.3 is 0 Å². The molecule has 3 aromatic heterocycles. The number of hydrogen-bond donors (Lipinski definition) is 1. The number of carbonyl (C=O) groups excluding carboxylic acids is 1. The summed E-state index contributed by atoms with van der Waals surface area (Å²) >= 11 is 11.6. The zero-order chi connectivity index (χ0) is 17.1. The SMILES string of the molecule is Cc1nc(NC(=O)c2cnc(Cl)c(Cl)c2)nc(-c2ccccn2)n1. The van der Waals surface area contributed by atoms with E-state index in [-0.39, 0.29) is 21.7 Å². The van der Waals surface area contributed by atoms with Gasteiger partial charge in [0.1, 0.15) is 16.7 Å². The molecule has 0 aliphatic carbocycles. The number of hydrogen-bond acceptors (Lipinski definition) is 6. The first-order chi connectivity index (χ1) is 11.5. The molecule has 0 spiro atoms. The van der Waals surface area contributed by atoms with Crippen molar-refractivity contribution in [2.75, 3.05) is 5.32 Å². The van der Waals surface area contributed by atoms with Crippen molar-refractivity contribution >= 4 is 35.1 Å². The lowest BCUT2D eigenvalue weighted by atomic mass is 10.3. The third-order valence-electron chi connectivity index (χ3n) is 2.93. The summed E-state index contributed by atoms with van der Waals surface area (Å²) in [6.45, 7) is 1.70. The van der Waals surface area contributed by atoms with Crippen molar-refractivity contribution < 1.29 is 4.79 Å². The fraction of sp³-hybridized carbons (Fsp3) is 0.0667. The van der Waals surface area contributed by atoms with Gasteiger partial charge in [0.15, 0.2) is 5.82 Å². The summed E-state index contributed by atoms with van der Waals surface area (Å²) in [5.74, 6) is 0.469. The van der Waals surface area contributed by atoms with E-state index in [1.165, 1.54) is 12.3 Å². The van der Waals surface area contributed by atoms with E-state index >= 15 is 0 Å². The minimum atomic E-state index is -0.460. The summed E-state index contributed by atoms with van der Waals surface area (Å²) < 4.78 is 0. The molecule has 3 aromatic rings. The van der Waals surface area contributed by atoms with Crippen LogP contribution in [-0.4, -0.2) is 30.8 Å². The van der Waals surface area contributed by atoms with Gasteiger partial charge in [-0.15, -0.1) is 0 Å². The molecule has 0 unspecified atom stereocenters. The van der Waals surface area contributed by atoms with Crippen LogP contribution in [0.3, 0.4) is 0 Å². The highest BCUT2D eigenvalue weighted by Crippen LogP contribution is 2.20. The smallest absolute Gasteiger partial charge is 0.259 e. The Bertz CT molecular complexity index is 904. The number of nitrogens with zero attached hydrogens (tertiary/aromatic N) is 5. The summed E-state index contributed by atoms with van der Waals surface area (Å²) in [7, 11) is 0. The highest BCUT2D eigenvalue weighted by molar-refractivity contribution is 6.41. The van der Waals surface area contributed by atoms with Crippen molar-refractivity contribution in [3.63, 3.8) is 0 Å². The van der Waals surface area contributed by atoms with E-state index in [1.54, 1.807) is 25.3 Å². The second-order valence-electron chi connectivity index (χ2n) is 4.70. The minimum absolute atomic E-state index is 0.110. The Kier molecular flexibility index (Phi) is 4.64. The summed E-state index contributed by atoms with van der Waals surface area (Å²) in [5.41, 5.74) is 0.816. The lowest BCUT2D eigenvalue weighted by Gasteiger charge is -2.07. The number of rotatable bonds is 3. The Labute approximate surface area is 147 Å². The first-order valence-corrected chi connectivity index (χ1v) is 7.55. The molecule has 9 heteroatoms. The molecule has 24 heavy (non-hydrogen) atoms. The molecule has 7 nitrogen and oxygen atoms in total. The molecule has 3 rings (SSSR count). The molecule has 0 radical (unpaired) electrons. The van der Waals surface area contributed by atoms with Gasteiger partial charge in [-0.3, -0.25) is 15.1 Å². The predicted molar refractivity (Wildman–Crippen MR) is 90.0 cm³/mol. The maximum atomic E-state index is 12.3. The molecular weight excluding hydrogens is 351 g/mol. The summed E-state index contributed by atoms with van der Waals surface area (Å²) in [5, 5.41) is 2.90. The number of amides is 1. The van der Waals surface area contributed by atoms with E-state index < -0.39 is 5.91 Å². The van der Waals surface area contributed by atoms with Crippen LogP contribution in [0.15, 0.2) is 36.7 Å². The van der Waals surface area contributed by atoms with Crippen LogP contribution in [0.1, 0.15) is 16.2 Å². The summed E-state index contributed by atoms with van der Waals surface area (Å²) in [6, 6.07) is 6.79. The molecule has 0 fully saturated rings. The van der Waals surface area contributed by atoms with Crippen molar-refractivity contribution in [3.8, 4) is 11.5 Å². The van der Waals surface area contributed by atoms with Gasteiger partial charge in [0.05, 0.1) is 10.6 Å². The zero-order valence-electron chi connectivity index (χ0n) is 12.4. The molecule has 1 amide bonds. The first-order valence-electron chi connectivity index (χ1n) is 6.79. The third kappa shape index (κ3) is 3.64. The predicted octanol–water partition coefficient (Wildman–Crippen LogP) is 3.20. The topological polar surface area (TPSA) is 93.6 Å². The van der Waals surface area contributed by atoms with E-state index in [9.17, 15) is 4.79 Å². The Morgan fingerprint density at radius 1 is 1.12 bits per heavy atom. The summed E-state index contributed by atoms with van der Waals surface area (Å²) in [4.78, 5) is 32.8. The second-order valence-corrected chi connectivity index (χ2v) is 5.46. The fourth-order valence-electron chi connectivity index (χ4n) is 1.87. The average molecular weight is 361 g/mol. The van der Waals surface area contributed by atoms with Crippen molar-refractivity contribution in [1.82, 2.24) is 24.9 Å². The van der Waals surface area contributed by atoms with E-state index in [4.69, 9.17) is 23.2 Å². The molecule has 0 aliphatic rings. The molecule has 0 aliphatic heterocycles. The Morgan fingerprint density at radius 2 is 1.96 bits per heavy atom. The molecule has 0 atom stereocenters. The van der Waals surface area contributed by atoms with E-state index in [2.05, 4.69) is 30.2 Å². The number of pyridine rings is 2. The fourth-order valence-corrected chi connectivity index (χ4v) is 2.14. The standard InChI is InChI=1S/C15H10Cl2N6O/c1-8-20-13(11-4-2-3-5-18-11)22-15(21-8)23-14(24)9-6-10(16)12(17)19-7-9/h2-7H,1H3,(H,20,21,22,23,24). The van der Waals surface area contributed by atoms with E-state index in [1.807, 2.05) is 6.07 Å². The first kappa shape index (κ1) is 16.2. The normalized spacial score (nSPS) is 10.5. The van der Waals surface area contributed by atoms with Crippen LogP contribution < -0.4 is 5.32 Å². The van der Waals surface area contributed by atoms with Crippen molar-refractivity contribution in [3.05, 3.63) is 58.2 Å². The number of nitrogens with one attached hydrogen (secondary N) is 1. The number of aromatic nitrogens is 5.